The minimum absolute atomic E-state index is 0.123. The Bertz CT molecular complexity index is 343. The third-order valence-corrected chi connectivity index (χ3v) is 4.98. The molecule has 0 radical (unpaired) electrons. The monoisotopic (exact) mass is 258 g/mol. The summed E-state index contributed by atoms with van der Waals surface area (Å²) in [5, 5.41) is 10.2. The van der Waals surface area contributed by atoms with Crippen molar-refractivity contribution in [2.24, 2.45) is 5.41 Å². The van der Waals surface area contributed by atoms with Crippen LogP contribution in [0.15, 0.2) is 11.6 Å². The second-order valence-electron chi connectivity index (χ2n) is 5.76. The highest BCUT2D eigenvalue weighted by Gasteiger charge is 2.54. The maximum atomic E-state index is 12.0. The van der Waals surface area contributed by atoms with E-state index in [0.29, 0.717) is 0 Å². The number of hydrogen-bond donors (Lipinski definition) is 1. The van der Waals surface area contributed by atoms with Gasteiger partial charge in [0.15, 0.2) is 5.44 Å². The highest BCUT2D eigenvalue weighted by molar-refractivity contribution is 8.02. The van der Waals surface area contributed by atoms with Gasteiger partial charge in [-0.05, 0) is 26.3 Å². The van der Waals surface area contributed by atoms with Crippen molar-refractivity contribution in [2.75, 3.05) is 0 Å². The number of aliphatic hydroxyl groups is 1. The molecule has 0 amide bonds. The van der Waals surface area contributed by atoms with Crippen LogP contribution in [0.25, 0.3) is 0 Å². The van der Waals surface area contributed by atoms with Crippen molar-refractivity contribution >= 4 is 17.7 Å². The first kappa shape index (κ1) is 14.6. The molecular weight excluding hydrogens is 236 g/mol. The number of ether oxygens (including phenoxy) is 1. The number of esters is 1. The van der Waals surface area contributed by atoms with E-state index in [1.54, 1.807) is 6.92 Å². The molecule has 17 heavy (non-hydrogen) atoms. The Morgan fingerprint density at radius 1 is 1.59 bits per heavy atom. The summed E-state index contributed by atoms with van der Waals surface area (Å²) in [5.41, 5.74) is 0.465. The average molecular weight is 258 g/mol. The van der Waals surface area contributed by atoms with Crippen LogP contribution in [0.2, 0.25) is 0 Å². The van der Waals surface area contributed by atoms with Gasteiger partial charge in [-0.2, -0.15) is 0 Å². The van der Waals surface area contributed by atoms with Crippen LogP contribution in [0, 0.1) is 5.41 Å². The predicted octanol–water partition coefficient (Wildman–Crippen LogP) is 2.73. The maximum Gasteiger partial charge on any atom is 0.326 e. The molecule has 1 fully saturated rings. The van der Waals surface area contributed by atoms with Crippen molar-refractivity contribution in [3.05, 3.63) is 11.6 Å². The minimum atomic E-state index is -0.894. The fourth-order valence-electron chi connectivity index (χ4n) is 1.63. The highest BCUT2D eigenvalue weighted by atomic mass is 32.2. The lowest BCUT2D eigenvalue weighted by Crippen LogP contribution is -2.41. The number of aliphatic hydroxyl groups excluding tert-OH is 1. The van der Waals surface area contributed by atoms with Gasteiger partial charge in [0.05, 0.1) is 6.10 Å². The lowest BCUT2D eigenvalue weighted by atomic mass is 9.97. The SMILES string of the molecule is C/C=C(\C)[C@H](O)[C@@]1(C)S[C@H](C(C)(C)C)OC1=O. The van der Waals surface area contributed by atoms with Gasteiger partial charge in [0.25, 0.3) is 0 Å². The second-order valence-corrected chi connectivity index (χ2v) is 7.28. The molecule has 1 aliphatic heterocycles. The van der Waals surface area contributed by atoms with Gasteiger partial charge in [0.2, 0.25) is 0 Å². The van der Waals surface area contributed by atoms with Crippen LogP contribution in [0.1, 0.15) is 41.5 Å². The zero-order valence-corrected chi connectivity index (χ0v) is 12.2. The van der Waals surface area contributed by atoms with Crippen LogP contribution in [-0.2, 0) is 9.53 Å². The van der Waals surface area contributed by atoms with Crippen LogP contribution in [0.4, 0.5) is 0 Å². The molecule has 1 aliphatic rings. The second kappa shape index (κ2) is 4.65. The summed E-state index contributed by atoms with van der Waals surface area (Å²) >= 11 is 1.42. The molecule has 1 rings (SSSR count). The van der Waals surface area contributed by atoms with Crippen molar-refractivity contribution in [1.82, 2.24) is 0 Å². The number of cyclic esters (lactones) is 1. The summed E-state index contributed by atoms with van der Waals surface area (Å²) in [4.78, 5) is 12.0. The summed E-state index contributed by atoms with van der Waals surface area (Å²) < 4.78 is 4.50. The summed E-state index contributed by atoms with van der Waals surface area (Å²) in [7, 11) is 0. The van der Waals surface area contributed by atoms with Crippen LogP contribution in [-0.4, -0.2) is 27.4 Å². The first-order valence-electron chi connectivity index (χ1n) is 5.82. The van der Waals surface area contributed by atoms with Gasteiger partial charge in [-0.15, -0.1) is 0 Å². The summed E-state index contributed by atoms with van der Waals surface area (Å²) in [5.74, 6) is -0.323. The predicted molar refractivity (Wildman–Crippen MR) is 70.8 cm³/mol. The van der Waals surface area contributed by atoms with E-state index in [1.807, 2.05) is 40.7 Å². The van der Waals surface area contributed by atoms with Crippen molar-refractivity contribution in [1.29, 1.82) is 0 Å². The Morgan fingerprint density at radius 2 is 2.12 bits per heavy atom. The van der Waals surface area contributed by atoms with Crippen molar-refractivity contribution in [3.8, 4) is 0 Å². The molecule has 98 valence electrons. The quantitative estimate of drug-likeness (QED) is 0.611. The minimum Gasteiger partial charge on any atom is -0.450 e. The maximum absolute atomic E-state index is 12.0. The molecule has 0 bridgehead atoms. The molecule has 0 spiro atoms. The number of allylic oxidation sites excluding steroid dienone is 1. The number of rotatable bonds is 2. The number of hydrogen-bond acceptors (Lipinski definition) is 4. The van der Waals surface area contributed by atoms with Gasteiger partial charge >= 0.3 is 5.97 Å². The van der Waals surface area contributed by atoms with Gasteiger partial charge in [-0.25, -0.2) is 0 Å². The highest BCUT2D eigenvalue weighted by Crippen LogP contribution is 2.48. The topological polar surface area (TPSA) is 46.5 Å². The van der Waals surface area contributed by atoms with Gasteiger partial charge in [0.1, 0.15) is 4.75 Å². The van der Waals surface area contributed by atoms with Crippen molar-refractivity contribution < 1.29 is 14.6 Å². The van der Waals surface area contributed by atoms with E-state index in [9.17, 15) is 9.90 Å². The van der Waals surface area contributed by atoms with Crippen LogP contribution in [0.5, 0.6) is 0 Å². The van der Waals surface area contributed by atoms with Crippen LogP contribution >= 0.6 is 11.8 Å². The number of carbonyl (C=O) groups excluding carboxylic acids is 1. The Kier molecular flexibility index (Phi) is 3.99. The first-order chi connectivity index (χ1) is 7.63. The molecule has 1 saturated heterocycles. The molecule has 1 N–H and O–H groups in total. The lowest BCUT2D eigenvalue weighted by Gasteiger charge is -2.28. The molecule has 0 aromatic carbocycles. The smallest absolute Gasteiger partial charge is 0.326 e. The lowest BCUT2D eigenvalue weighted by molar-refractivity contribution is -0.150. The molecule has 0 unspecified atom stereocenters. The van der Waals surface area contributed by atoms with Crippen molar-refractivity contribution in [3.63, 3.8) is 0 Å². The van der Waals surface area contributed by atoms with E-state index in [2.05, 4.69) is 0 Å². The Balaban J connectivity index is 2.96. The van der Waals surface area contributed by atoms with E-state index < -0.39 is 10.9 Å². The molecule has 0 aromatic heterocycles. The fourth-order valence-corrected chi connectivity index (χ4v) is 3.02. The van der Waals surface area contributed by atoms with E-state index in [-0.39, 0.29) is 16.8 Å². The summed E-state index contributed by atoms with van der Waals surface area (Å²) in [6, 6.07) is 0. The van der Waals surface area contributed by atoms with Gasteiger partial charge in [-0.3, -0.25) is 4.79 Å². The Hall–Kier alpha value is -0.480. The standard InChI is InChI=1S/C13H22O3S/c1-7-8(2)9(14)13(6)10(15)16-11(17-13)12(3,4)5/h7,9,11,14H,1-6H3/b8-7+/t9-,11+,13+/m0/s1. The van der Waals surface area contributed by atoms with Gasteiger partial charge < -0.3 is 9.84 Å². The normalized spacial score (nSPS) is 32.5. The molecule has 0 aromatic rings. The number of thioether (sulfide) groups is 1. The van der Waals surface area contributed by atoms with Crippen molar-refractivity contribution in [2.45, 2.75) is 57.8 Å². The van der Waals surface area contributed by atoms with Crippen LogP contribution in [0.3, 0.4) is 0 Å². The zero-order valence-electron chi connectivity index (χ0n) is 11.4. The molecule has 1 heterocycles. The molecule has 3 atom stereocenters. The third-order valence-electron chi connectivity index (χ3n) is 3.09. The van der Waals surface area contributed by atoms with Crippen LogP contribution < -0.4 is 0 Å². The van der Waals surface area contributed by atoms with Gasteiger partial charge in [-0.1, -0.05) is 38.6 Å². The zero-order chi connectivity index (χ0) is 13.4. The molecule has 4 heteroatoms. The Morgan fingerprint density at radius 3 is 2.47 bits per heavy atom. The molecule has 3 nitrogen and oxygen atoms in total. The number of carbonyl (C=O) groups is 1. The molecule has 0 saturated carbocycles. The summed E-state index contributed by atoms with van der Waals surface area (Å²) in [6.07, 6.45) is 1.03. The largest absolute Gasteiger partial charge is 0.450 e. The molecular formula is C13H22O3S. The first-order valence-corrected chi connectivity index (χ1v) is 6.70. The van der Waals surface area contributed by atoms with E-state index in [0.717, 1.165) is 5.57 Å². The molecule has 0 aliphatic carbocycles. The van der Waals surface area contributed by atoms with E-state index >= 15 is 0 Å². The van der Waals surface area contributed by atoms with E-state index in [4.69, 9.17) is 4.74 Å². The third kappa shape index (κ3) is 2.68. The fraction of sp³-hybridized carbons (Fsp3) is 0.769. The average Bonchev–Trinajstić information content (AvgIpc) is 2.54. The Labute approximate surface area is 108 Å². The summed E-state index contributed by atoms with van der Waals surface area (Å²) in [6.45, 7) is 11.5. The van der Waals surface area contributed by atoms with E-state index in [1.165, 1.54) is 11.8 Å². The van der Waals surface area contributed by atoms with Gasteiger partial charge in [0, 0.05) is 5.41 Å².